The van der Waals surface area contributed by atoms with Crippen LogP contribution < -0.4 is 0 Å². The lowest BCUT2D eigenvalue weighted by molar-refractivity contribution is 0.0405. The van der Waals surface area contributed by atoms with E-state index in [4.69, 9.17) is 9.15 Å². The van der Waals surface area contributed by atoms with Crippen LogP contribution in [0.15, 0.2) is 65.7 Å². The van der Waals surface area contributed by atoms with Crippen LogP contribution >= 0.6 is 0 Å². The molecule has 0 N–H and O–H groups in total. The molecule has 0 saturated carbocycles. The molecule has 3 aromatic rings. The number of fused-ring (bicyclic) bond motifs is 3. The monoisotopic (exact) mass is 392 g/mol. The summed E-state index contributed by atoms with van der Waals surface area (Å²) in [4.78, 5) is 17.3. The van der Waals surface area contributed by atoms with E-state index in [-0.39, 0.29) is 11.9 Å². The van der Waals surface area contributed by atoms with Gasteiger partial charge in [-0.1, -0.05) is 18.2 Å². The van der Waals surface area contributed by atoms with Gasteiger partial charge in [-0.3, -0.25) is 9.69 Å². The third-order valence-corrected chi connectivity index (χ3v) is 5.68. The van der Waals surface area contributed by atoms with Crippen molar-refractivity contribution < 1.29 is 13.9 Å². The van der Waals surface area contributed by atoms with Crippen molar-refractivity contribution in [3.8, 4) is 5.69 Å². The third-order valence-electron chi connectivity index (χ3n) is 5.68. The van der Waals surface area contributed by atoms with Crippen molar-refractivity contribution in [2.45, 2.75) is 12.6 Å². The Morgan fingerprint density at radius 1 is 1.10 bits per heavy atom. The van der Waals surface area contributed by atoms with E-state index in [0.29, 0.717) is 37.8 Å². The van der Waals surface area contributed by atoms with Crippen molar-refractivity contribution in [1.82, 2.24) is 19.6 Å². The molecular formula is C22H24N4O3. The second-order valence-electron chi connectivity index (χ2n) is 7.84. The highest BCUT2D eigenvalue weighted by atomic mass is 16.5. The molecule has 7 heteroatoms. The molecule has 150 valence electrons. The lowest BCUT2D eigenvalue weighted by Gasteiger charge is -2.31. The van der Waals surface area contributed by atoms with Gasteiger partial charge in [0.25, 0.3) is 5.91 Å². The molecule has 7 nitrogen and oxygen atoms in total. The second kappa shape index (κ2) is 7.85. The SMILES string of the molecule is O=C(c1ccoc1)N1C[C@@H]2COC[C@H](C1)N(Cc1cnn(-c3ccccc3)c1)C2. The van der Waals surface area contributed by atoms with Crippen LogP contribution in [0.2, 0.25) is 0 Å². The van der Waals surface area contributed by atoms with Gasteiger partial charge in [-0.15, -0.1) is 0 Å². The molecule has 2 fully saturated rings. The average Bonchev–Trinajstić information content (AvgIpc) is 3.35. The number of hydrogen-bond donors (Lipinski definition) is 0. The number of benzene rings is 1. The van der Waals surface area contributed by atoms with Crippen molar-refractivity contribution in [1.29, 1.82) is 0 Å². The van der Waals surface area contributed by atoms with Gasteiger partial charge in [-0.25, -0.2) is 4.68 Å². The fraction of sp³-hybridized carbons (Fsp3) is 0.364. The molecule has 0 radical (unpaired) electrons. The maximum Gasteiger partial charge on any atom is 0.257 e. The Morgan fingerprint density at radius 2 is 2.00 bits per heavy atom. The van der Waals surface area contributed by atoms with E-state index in [1.54, 1.807) is 12.3 Å². The first-order valence-corrected chi connectivity index (χ1v) is 9.98. The topological polar surface area (TPSA) is 63.7 Å². The quantitative estimate of drug-likeness (QED) is 0.682. The van der Waals surface area contributed by atoms with Gasteiger partial charge in [0.05, 0.1) is 43.0 Å². The third kappa shape index (κ3) is 3.83. The van der Waals surface area contributed by atoms with Gasteiger partial charge < -0.3 is 14.1 Å². The maximum absolute atomic E-state index is 12.9. The molecule has 2 bridgehead atoms. The van der Waals surface area contributed by atoms with Crippen LogP contribution in [0.5, 0.6) is 0 Å². The van der Waals surface area contributed by atoms with Crippen molar-refractivity contribution in [2.24, 2.45) is 5.92 Å². The van der Waals surface area contributed by atoms with Crippen LogP contribution in [0.25, 0.3) is 5.69 Å². The minimum atomic E-state index is 0.0365. The van der Waals surface area contributed by atoms with E-state index in [1.807, 2.05) is 46.1 Å². The zero-order chi connectivity index (χ0) is 19.6. The number of rotatable bonds is 4. The molecular weight excluding hydrogens is 368 g/mol. The average molecular weight is 392 g/mol. The highest BCUT2D eigenvalue weighted by Crippen LogP contribution is 2.23. The summed E-state index contributed by atoms with van der Waals surface area (Å²) in [6, 6.07) is 12.0. The Kier molecular flexibility index (Phi) is 4.91. The number of carbonyl (C=O) groups excluding carboxylic acids is 1. The lowest BCUT2D eigenvalue weighted by Crippen LogP contribution is -2.45. The summed E-state index contributed by atoms with van der Waals surface area (Å²) in [5.41, 5.74) is 2.82. The van der Waals surface area contributed by atoms with Crippen LogP contribution in [-0.4, -0.2) is 64.4 Å². The Morgan fingerprint density at radius 3 is 2.83 bits per heavy atom. The van der Waals surface area contributed by atoms with Gasteiger partial charge in [-0.2, -0.15) is 5.10 Å². The summed E-state index contributed by atoms with van der Waals surface area (Å²) in [7, 11) is 0. The fourth-order valence-corrected chi connectivity index (χ4v) is 4.26. The number of carbonyl (C=O) groups is 1. The first kappa shape index (κ1) is 18.1. The Labute approximate surface area is 169 Å². The first-order valence-electron chi connectivity index (χ1n) is 9.98. The van der Waals surface area contributed by atoms with Crippen molar-refractivity contribution >= 4 is 5.91 Å². The molecule has 0 unspecified atom stereocenters. The first-order chi connectivity index (χ1) is 14.3. The van der Waals surface area contributed by atoms with E-state index in [2.05, 4.69) is 16.2 Å². The summed E-state index contributed by atoms with van der Waals surface area (Å²) < 4.78 is 12.9. The number of hydrogen-bond acceptors (Lipinski definition) is 5. The Balaban J connectivity index is 1.32. The summed E-state index contributed by atoms with van der Waals surface area (Å²) in [5.74, 6) is 0.330. The smallest absolute Gasteiger partial charge is 0.257 e. The second-order valence-corrected chi connectivity index (χ2v) is 7.84. The molecule has 2 saturated heterocycles. The Hall–Kier alpha value is -2.90. The van der Waals surface area contributed by atoms with Gasteiger partial charge in [0.15, 0.2) is 0 Å². The van der Waals surface area contributed by atoms with E-state index >= 15 is 0 Å². The maximum atomic E-state index is 12.9. The largest absolute Gasteiger partial charge is 0.472 e. The molecule has 2 aliphatic heterocycles. The van der Waals surface area contributed by atoms with Crippen LogP contribution in [0.3, 0.4) is 0 Å². The standard InChI is InChI=1S/C22H24N4O3/c27-22(19-6-7-28-15-19)25-11-18-10-24(21(13-25)16-29-14-18)9-17-8-23-26(12-17)20-4-2-1-3-5-20/h1-8,12,15,18,21H,9-11,13-14,16H2/t18-,21+/m1/s1. The van der Waals surface area contributed by atoms with Crippen molar-refractivity contribution in [2.75, 3.05) is 32.8 Å². The highest BCUT2D eigenvalue weighted by molar-refractivity contribution is 5.93. The van der Waals surface area contributed by atoms with Crippen LogP contribution in [0, 0.1) is 5.92 Å². The lowest BCUT2D eigenvalue weighted by atomic mass is 10.1. The number of para-hydroxylation sites is 1. The Bertz CT molecular complexity index is 954. The molecule has 2 aliphatic rings. The molecule has 2 aromatic heterocycles. The zero-order valence-corrected chi connectivity index (χ0v) is 16.2. The predicted molar refractivity (Wildman–Crippen MR) is 107 cm³/mol. The van der Waals surface area contributed by atoms with Crippen LogP contribution in [0.1, 0.15) is 15.9 Å². The summed E-state index contributed by atoms with van der Waals surface area (Å²) in [5, 5.41) is 4.52. The molecule has 1 amide bonds. The molecule has 5 rings (SSSR count). The number of ether oxygens (including phenoxy) is 1. The van der Waals surface area contributed by atoms with Gasteiger partial charge in [0.2, 0.25) is 0 Å². The van der Waals surface area contributed by atoms with E-state index in [1.165, 1.54) is 6.26 Å². The van der Waals surface area contributed by atoms with Crippen LogP contribution in [0.4, 0.5) is 0 Å². The summed E-state index contributed by atoms with van der Waals surface area (Å²) >= 11 is 0. The van der Waals surface area contributed by atoms with Crippen LogP contribution in [-0.2, 0) is 11.3 Å². The highest BCUT2D eigenvalue weighted by Gasteiger charge is 2.35. The number of furan rings is 1. The minimum absolute atomic E-state index is 0.0365. The van der Waals surface area contributed by atoms with Crippen molar-refractivity contribution in [3.63, 3.8) is 0 Å². The number of amides is 1. The summed E-state index contributed by atoms with van der Waals surface area (Å²) in [6.07, 6.45) is 7.08. The van der Waals surface area contributed by atoms with Gasteiger partial charge >= 0.3 is 0 Å². The van der Waals surface area contributed by atoms with Gasteiger partial charge in [0, 0.05) is 43.9 Å². The fourth-order valence-electron chi connectivity index (χ4n) is 4.26. The minimum Gasteiger partial charge on any atom is -0.472 e. The molecule has 1 aromatic carbocycles. The predicted octanol–water partition coefficient (Wildman–Crippen LogP) is 2.44. The molecule has 2 atom stereocenters. The number of nitrogens with zero attached hydrogens (tertiary/aromatic N) is 4. The van der Waals surface area contributed by atoms with E-state index < -0.39 is 0 Å². The number of aromatic nitrogens is 2. The van der Waals surface area contributed by atoms with E-state index in [9.17, 15) is 4.79 Å². The summed E-state index contributed by atoms with van der Waals surface area (Å²) in [6.45, 7) is 4.40. The molecule has 0 aliphatic carbocycles. The molecule has 29 heavy (non-hydrogen) atoms. The molecule has 0 spiro atoms. The normalized spacial score (nSPS) is 22.4. The van der Waals surface area contributed by atoms with Gasteiger partial charge in [0.1, 0.15) is 6.26 Å². The molecule has 4 heterocycles. The van der Waals surface area contributed by atoms with Gasteiger partial charge in [-0.05, 0) is 18.2 Å². The van der Waals surface area contributed by atoms with Crippen molar-refractivity contribution in [3.05, 3.63) is 72.4 Å². The van der Waals surface area contributed by atoms with E-state index in [0.717, 1.165) is 24.3 Å². The zero-order valence-electron chi connectivity index (χ0n) is 16.2.